The zero-order valence-corrected chi connectivity index (χ0v) is 16.0. The predicted molar refractivity (Wildman–Crippen MR) is 110 cm³/mol. The van der Waals surface area contributed by atoms with Gasteiger partial charge in [-0.25, -0.2) is 4.79 Å². The zero-order chi connectivity index (χ0) is 20.1. The van der Waals surface area contributed by atoms with Crippen LogP contribution in [0.5, 0.6) is 0 Å². The summed E-state index contributed by atoms with van der Waals surface area (Å²) < 4.78 is 0. The number of hydrogen-bond donors (Lipinski definition) is 3. The minimum atomic E-state index is -0.266. The maximum absolute atomic E-state index is 12.5. The summed E-state index contributed by atoms with van der Waals surface area (Å²) in [7, 11) is 0. The SMILES string of the molecule is CC(C)CC(=O)Nc1ccc(NC(=O)c2cccc(N3CCNC3=O)c2)cc1. The Kier molecular flexibility index (Phi) is 5.93. The van der Waals surface area contributed by atoms with Gasteiger partial charge < -0.3 is 16.0 Å². The third kappa shape index (κ3) is 4.88. The van der Waals surface area contributed by atoms with Gasteiger partial charge in [0.15, 0.2) is 0 Å². The molecule has 4 amide bonds. The van der Waals surface area contributed by atoms with Crippen molar-refractivity contribution in [1.29, 1.82) is 0 Å². The van der Waals surface area contributed by atoms with Gasteiger partial charge in [0.1, 0.15) is 0 Å². The van der Waals surface area contributed by atoms with Crippen LogP contribution in [-0.2, 0) is 4.79 Å². The van der Waals surface area contributed by atoms with Crippen LogP contribution in [0.15, 0.2) is 48.5 Å². The maximum atomic E-state index is 12.5. The molecule has 0 bridgehead atoms. The molecule has 1 fully saturated rings. The average Bonchev–Trinajstić information content (AvgIpc) is 3.09. The summed E-state index contributed by atoms with van der Waals surface area (Å²) in [4.78, 5) is 37.8. The summed E-state index contributed by atoms with van der Waals surface area (Å²) in [5.74, 6) is -0.00596. The molecule has 0 spiro atoms. The summed E-state index contributed by atoms with van der Waals surface area (Å²) in [6.45, 7) is 5.15. The van der Waals surface area contributed by atoms with Gasteiger partial charge in [-0.2, -0.15) is 0 Å². The Bertz CT molecular complexity index is 877. The highest BCUT2D eigenvalue weighted by Crippen LogP contribution is 2.20. The van der Waals surface area contributed by atoms with Crippen LogP contribution < -0.4 is 20.9 Å². The van der Waals surface area contributed by atoms with Crippen molar-refractivity contribution < 1.29 is 14.4 Å². The second-order valence-corrected chi connectivity index (χ2v) is 7.11. The quantitative estimate of drug-likeness (QED) is 0.717. The number of nitrogens with zero attached hydrogens (tertiary/aromatic N) is 1. The van der Waals surface area contributed by atoms with Crippen molar-refractivity contribution in [2.24, 2.45) is 5.92 Å². The van der Waals surface area contributed by atoms with E-state index in [0.29, 0.717) is 48.1 Å². The maximum Gasteiger partial charge on any atom is 0.321 e. The molecule has 146 valence electrons. The fourth-order valence-corrected chi connectivity index (χ4v) is 2.96. The Morgan fingerprint density at radius 1 is 1.07 bits per heavy atom. The van der Waals surface area contributed by atoms with E-state index in [1.807, 2.05) is 13.8 Å². The molecule has 1 aliphatic rings. The fourth-order valence-electron chi connectivity index (χ4n) is 2.96. The number of anilines is 3. The summed E-state index contributed by atoms with van der Waals surface area (Å²) in [5, 5.41) is 8.40. The normalized spacial score (nSPS) is 13.4. The van der Waals surface area contributed by atoms with Gasteiger partial charge in [-0.1, -0.05) is 19.9 Å². The van der Waals surface area contributed by atoms with Crippen LogP contribution in [0.4, 0.5) is 21.9 Å². The van der Waals surface area contributed by atoms with Crippen molar-refractivity contribution in [3.05, 3.63) is 54.1 Å². The van der Waals surface area contributed by atoms with Gasteiger partial charge in [0.25, 0.3) is 5.91 Å². The van der Waals surface area contributed by atoms with Crippen molar-refractivity contribution >= 4 is 34.9 Å². The Hall–Kier alpha value is -3.35. The minimum Gasteiger partial charge on any atom is -0.336 e. The van der Waals surface area contributed by atoms with Gasteiger partial charge in [-0.05, 0) is 48.4 Å². The van der Waals surface area contributed by atoms with Gasteiger partial charge in [-0.15, -0.1) is 0 Å². The molecular weight excluding hydrogens is 356 g/mol. The highest BCUT2D eigenvalue weighted by Gasteiger charge is 2.21. The average molecular weight is 380 g/mol. The Balaban J connectivity index is 1.63. The molecule has 7 heteroatoms. The van der Waals surface area contributed by atoms with Crippen LogP contribution in [0.1, 0.15) is 30.6 Å². The van der Waals surface area contributed by atoms with Crippen molar-refractivity contribution in [3.8, 4) is 0 Å². The second kappa shape index (κ2) is 8.56. The third-order valence-electron chi connectivity index (χ3n) is 4.30. The van der Waals surface area contributed by atoms with Crippen LogP contribution >= 0.6 is 0 Å². The molecule has 0 aliphatic carbocycles. The smallest absolute Gasteiger partial charge is 0.321 e. The molecule has 0 unspecified atom stereocenters. The summed E-state index contributed by atoms with van der Waals surface area (Å²) in [6.07, 6.45) is 0.462. The molecule has 0 saturated carbocycles. The molecule has 1 aliphatic heterocycles. The molecule has 28 heavy (non-hydrogen) atoms. The second-order valence-electron chi connectivity index (χ2n) is 7.11. The van der Waals surface area contributed by atoms with Gasteiger partial charge >= 0.3 is 6.03 Å². The van der Waals surface area contributed by atoms with E-state index in [2.05, 4.69) is 16.0 Å². The molecule has 3 rings (SSSR count). The van der Waals surface area contributed by atoms with Crippen molar-refractivity contribution in [2.45, 2.75) is 20.3 Å². The lowest BCUT2D eigenvalue weighted by atomic mass is 10.1. The molecule has 0 radical (unpaired) electrons. The predicted octanol–water partition coefficient (Wildman–Crippen LogP) is 3.45. The molecule has 7 nitrogen and oxygen atoms in total. The zero-order valence-electron chi connectivity index (χ0n) is 16.0. The van der Waals surface area contributed by atoms with E-state index in [1.54, 1.807) is 53.4 Å². The van der Waals surface area contributed by atoms with E-state index in [1.165, 1.54) is 0 Å². The van der Waals surface area contributed by atoms with Crippen molar-refractivity contribution in [3.63, 3.8) is 0 Å². The van der Waals surface area contributed by atoms with Crippen LogP contribution in [0.2, 0.25) is 0 Å². The van der Waals surface area contributed by atoms with E-state index >= 15 is 0 Å². The lowest BCUT2D eigenvalue weighted by molar-refractivity contribution is -0.116. The summed E-state index contributed by atoms with van der Waals surface area (Å²) in [6, 6.07) is 13.8. The van der Waals surface area contributed by atoms with Crippen LogP contribution in [0.3, 0.4) is 0 Å². The monoisotopic (exact) mass is 380 g/mol. The number of nitrogens with one attached hydrogen (secondary N) is 3. The first-order chi connectivity index (χ1) is 13.4. The molecule has 1 saturated heterocycles. The largest absolute Gasteiger partial charge is 0.336 e. The lowest BCUT2D eigenvalue weighted by Gasteiger charge is -2.15. The Labute approximate surface area is 164 Å². The number of hydrogen-bond acceptors (Lipinski definition) is 3. The van der Waals surface area contributed by atoms with E-state index < -0.39 is 0 Å². The fraction of sp³-hybridized carbons (Fsp3) is 0.286. The molecule has 2 aromatic carbocycles. The van der Waals surface area contributed by atoms with Crippen molar-refractivity contribution in [2.75, 3.05) is 28.6 Å². The van der Waals surface area contributed by atoms with Gasteiger partial charge in [0.2, 0.25) is 5.91 Å². The summed E-state index contributed by atoms with van der Waals surface area (Å²) >= 11 is 0. The highest BCUT2D eigenvalue weighted by atomic mass is 16.2. The number of carbonyl (C=O) groups is 3. The molecule has 0 atom stereocenters. The Morgan fingerprint density at radius 3 is 2.36 bits per heavy atom. The first-order valence-electron chi connectivity index (χ1n) is 9.29. The van der Waals surface area contributed by atoms with Crippen LogP contribution in [0, 0.1) is 5.92 Å². The molecule has 2 aromatic rings. The molecule has 0 aromatic heterocycles. The van der Waals surface area contributed by atoms with Crippen molar-refractivity contribution in [1.82, 2.24) is 5.32 Å². The molecule has 3 N–H and O–H groups in total. The van der Waals surface area contributed by atoms with Gasteiger partial charge in [0, 0.05) is 42.1 Å². The molecule has 1 heterocycles. The summed E-state index contributed by atoms with van der Waals surface area (Å²) in [5.41, 5.74) is 2.46. The number of rotatable bonds is 6. The van der Waals surface area contributed by atoms with Crippen LogP contribution in [0.25, 0.3) is 0 Å². The van der Waals surface area contributed by atoms with E-state index in [0.717, 1.165) is 0 Å². The first kappa shape index (κ1) is 19.4. The number of urea groups is 1. The highest BCUT2D eigenvalue weighted by molar-refractivity contribution is 6.05. The van der Waals surface area contributed by atoms with Gasteiger partial charge in [0.05, 0.1) is 0 Å². The standard InChI is InChI=1S/C21H24N4O3/c1-14(2)12-19(26)23-16-6-8-17(9-7-16)24-20(27)15-4-3-5-18(13-15)25-11-10-22-21(25)28/h3-9,13-14H,10-12H2,1-2H3,(H,22,28)(H,23,26)(H,24,27). The van der Waals surface area contributed by atoms with Crippen LogP contribution in [-0.4, -0.2) is 30.9 Å². The Morgan fingerprint density at radius 2 is 1.75 bits per heavy atom. The number of amides is 4. The lowest BCUT2D eigenvalue weighted by Crippen LogP contribution is -2.27. The van der Waals surface area contributed by atoms with E-state index in [-0.39, 0.29) is 17.8 Å². The van der Waals surface area contributed by atoms with E-state index in [9.17, 15) is 14.4 Å². The number of carbonyl (C=O) groups excluding carboxylic acids is 3. The third-order valence-corrected chi connectivity index (χ3v) is 4.30. The first-order valence-corrected chi connectivity index (χ1v) is 9.29. The minimum absolute atomic E-state index is 0.0328. The van der Waals surface area contributed by atoms with E-state index in [4.69, 9.17) is 0 Å². The number of benzene rings is 2. The van der Waals surface area contributed by atoms with Gasteiger partial charge in [-0.3, -0.25) is 14.5 Å². The molecular formula is C21H24N4O3. The topological polar surface area (TPSA) is 90.5 Å².